The number of rotatable bonds is 3. The van der Waals surface area contributed by atoms with Crippen molar-refractivity contribution in [2.75, 3.05) is 18.1 Å². The third-order valence-corrected chi connectivity index (χ3v) is 6.14. The first kappa shape index (κ1) is 17.1. The zero-order chi connectivity index (χ0) is 16.3. The Labute approximate surface area is 131 Å². The van der Waals surface area contributed by atoms with E-state index in [0.29, 0.717) is 6.42 Å². The summed E-state index contributed by atoms with van der Waals surface area (Å²) in [5, 5.41) is 5.25. The summed E-state index contributed by atoms with van der Waals surface area (Å²) in [7, 11) is -3.03. The maximum Gasteiger partial charge on any atom is 0.315 e. The fraction of sp³-hybridized carbons (Fsp3) is 0.857. The predicted octanol–water partition coefficient (Wildman–Crippen LogP) is 0.262. The van der Waals surface area contributed by atoms with Crippen molar-refractivity contribution >= 4 is 21.8 Å². The Bertz CT molecular complexity index is 534. The molecule has 0 radical (unpaired) electrons. The number of hydrogen-bond donors (Lipinski definition) is 2. The Morgan fingerprint density at radius 2 is 1.95 bits per heavy atom. The molecule has 0 unspecified atom stereocenters. The number of hydrogen-bond acceptors (Lipinski definition) is 4. The van der Waals surface area contributed by atoms with Crippen molar-refractivity contribution in [3.05, 3.63) is 0 Å². The minimum absolute atomic E-state index is 0.0219. The minimum Gasteiger partial charge on any atom is -0.338 e. The molecule has 3 atom stereocenters. The van der Waals surface area contributed by atoms with Crippen LogP contribution in [0.25, 0.3) is 0 Å². The molecular formula is C14H25N3O4S. The van der Waals surface area contributed by atoms with Crippen molar-refractivity contribution < 1.29 is 18.0 Å². The maximum absolute atomic E-state index is 12.4. The maximum atomic E-state index is 12.4. The van der Waals surface area contributed by atoms with Gasteiger partial charge in [-0.05, 0) is 39.5 Å². The highest BCUT2D eigenvalue weighted by molar-refractivity contribution is 7.91. The van der Waals surface area contributed by atoms with Crippen LogP contribution in [-0.2, 0) is 14.6 Å². The monoisotopic (exact) mass is 331 g/mol. The van der Waals surface area contributed by atoms with E-state index in [1.807, 2.05) is 11.8 Å². The first-order chi connectivity index (χ1) is 10.3. The molecule has 8 heteroatoms. The molecule has 2 saturated heterocycles. The van der Waals surface area contributed by atoms with Crippen LogP contribution in [0.3, 0.4) is 0 Å². The van der Waals surface area contributed by atoms with Gasteiger partial charge in [0.05, 0.1) is 11.5 Å². The summed E-state index contributed by atoms with van der Waals surface area (Å²) in [5.74, 6) is 0.00489. The van der Waals surface area contributed by atoms with Crippen molar-refractivity contribution in [2.24, 2.45) is 0 Å². The highest BCUT2D eigenvalue weighted by atomic mass is 32.2. The molecule has 0 aliphatic carbocycles. The Morgan fingerprint density at radius 3 is 2.55 bits per heavy atom. The van der Waals surface area contributed by atoms with Crippen LogP contribution in [0.2, 0.25) is 0 Å². The molecule has 0 aromatic heterocycles. The lowest BCUT2D eigenvalue weighted by atomic mass is 10.0. The average molecular weight is 331 g/mol. The highest BCUT2D eigenvalue weighted by Crippen LogP contribution is 2.17. The summed E-state index contributed by atoms with van der Waals surface area (Å²) in [4.78, 5) is 26.1. The predicted molar refractivity (Wildman–Crippen MR) is 83.2 cm³/mol. The summed E-state index contributed by atoms with van der Waals surface area (Å²) in [6.07, 6.45) is 3.55. The number of likely N-dealkylation sites (tertiary alicyclic amines) is 1. The van der Waals surface area contributed by atoms with E-state index in [0.717, 1.165) is 25.8 Å². The van der Waals surface area contributed by atoms with Crippen LogP contribution in [-0.4, -0.2) is 61.4 Å². The van der Waals surface area contributed by atoms with Gasteiger partial charge in [0, 0.05) is 18.6 Å². The van der Waals surface area contributed by atoms with E-state index >= 15 is 0 Å². The van der Waals surface area contributed by atoms with Crippen LogP contribution >= 0.6 is 0 Å². The molecule has 2 N–H and O–H groups in total. The van der Waals surface area contributed by atoms with Gasteiger partial charge in [-0.1, -0.05) is 0 Å². The van der Waals surface area contributed by atoms with Gasteiger partial charge >= 0.3 is 6.03 Å². The summed E-state index contributed by atoms with van der Waals surface area (Å²) in [6.45, 7) is 4.41. The van der Waals surface area contributed by atoms with Crippen molar-refractivity contribution in [1.29, 1.82) is 0 Å². The lowest BCUT2D eigenvalue weighted by molar-refractivity contribution is -0.136. The molecule has 7 nitrogen and oxygen atoms in total. The number of piperidine rings is 1. The SMILES string of the molecule is C[C@H](NC(=O)N[C@@H]1CCS(=O)(=O)C1)C(=O)N1CCCC[C@H]1C. The van der Waals surface area contributed by atoms with Gasteiger partial charge in [0.25, 0.3) is 0 Å². The Hall–Kier alpha value is -1.31. The molecule has 2 aliphatic heterocycles. The number of carbonyl (C=O) groups excluding carboxylic acids is 2. The Morgan fingerprint density at radius 1 is 1.23 bits per heavy atom. The molecule has 0 spiro atoms. The third kappa shape index (κ3) is 4.34. The van der Waals surface area contributed by atoms with Gasteiger partial charge in [-0.3, -0.25) is 4.79 Å². The normalized spacial score (nSPS) is 28.9. The third-order valence-electron chi connectivity index (χ3n) is 4.37. The number of nitrogens with one attached hydrogen (secondary N) is 2. The lowest BCUT2D eigenvalue weighted by Crippen LogP contribution is -2.54. The van der Waals surface area contributed by atoms with E-state index in [1.54, 1.807) is 6.92 Å². The lowest BCUT2D eigenvalue weighted by Gasteiger charge is -2.35. The largest absolute Gasteiger partial charge is 0.338 e. The van der Waals surface area contributed by atoms with Gasteiger partial charge in [0.1, 0.15) is 6.04 Å². The minimum atomic E-state index is -3.03. The first-order valence-electron chi connectivity index (χ1n) is 7.86. The molecule has 0 aromatic carbocycles. The zero-order valence-corrected chi connectivity index (χ0v) is 14.0. The van der Waals surface area contributed by atoms with E-state index < -0.39 is 21.9 Å². The summed E-state index contributed by atoms with van der Waals surface area (Å²) in [5.41, 5.74) is 0. The van der Waals surface area contributed by atoms with Crippen LogP contribution in [0.1, 0.15) is 39.5 Å². The van der Waals surface area contributed by atoms with Gasteiger partial charge in [0.2, 0.25) is 5.91 Å². The summed E-state index contributed by atoms with van der Waals surface area (Å²) < 4.78 is 22.7. The molecule has 3 amide bonds. The standard InChI is InChI=1S/C14H25N3O4S/c1-10-5-3-4-7-17(10)13(18)11(2)15-14(19)16-12-6-8-22(20,21)9-12/h10-12H,3-9H2,1-2H3,(H2,15,16,19)/t10-,11+,12-/m1/s1. The average Bonchev–Trinajstić information content (AvgIpc) is 2.77. The molecule has 2 fully saturated rings. The van der Waals surface area contributed by atoms with E-state index in [2.05, 4.69) is 10.6 Å². The number of nitrogens with zero attached hydrogens (tertiary/aromatic N) is 1. The topological polar surface area (TPSA) is 95.6 Å². The quantitative estimate of drug-likeness (QED) is 0.775. The van der Waals surface area contributed by atoms with Crippen molar-refractivity contribution in [2.45, 2.75) is 57.7 Å². The summed E-state index contributed by atoms with van der Waals surface area (Å²) in [6, 6.07) is -1.25. The van der Waals surface area contributed by atoms with Crippen molar-refractivity contribution in [3.63, 3.8) is 0 Å². The zero-order valence-electron chi connectivity index (χ0n) is 13.2. The number of sulfone groups is 1. The molecule has 2 aliphatic rings. The second-order valence-corrected chi connectivity index (χ2v) is 8.54. The molecule has 126 valence electrons. The van der Waals surface area contributed by atoms with Gasteiger partial charge < -0.3 is 15.5 Å². The Kier molecular flexibility index (Phi) is 5.31. The van der Waals surface area contributed by atoms with Crippen molar-refractivity contribution in [1.82, 2.24) is 15.5 Å². The Balaban J connectivity index is 1.82. The van der Waals surface area contributed by atoms with Crippen LogP contribution in [0.4, 0.5) is 4.79 Å². The van der Waals surface area contributed by atoms with Gasteiger partial charge in [-0.15, -0.1) is 0 Å². The molecule has 22 heavy (non-hydrogen) atoms. The van der Waals surface area contributed by atoms with E-state index in [4.69, 9.17) is 0 Å². The van der Waals surface area contributed by atoms with Crippen LogP contribution in [0, 0.1) is 0 Å². The molecular weight excluding hydrogens is 306 g/mol. The molecule has 2 rings (SSSR count). The number of carbonyl (C=O) groups is 2. The highest BCUT2D eigenvalue weighted by Gasteiger charge is 2.31. The van der Waals surface area contributed by atoms with Gasteiger partial charge in [0.15, 0.2) is 9.84 Å². The van der Waals surface area contributed by atoms with Crippen LogP contribution in [0.15, 0.2) is 0 Å². The van der Waals surface area contributed by atoms with E-state index in [9.17, 15) is 18.0 Å². The second kappa shape index (κ2) is 6.85. The van der Waals surface area contributed by atoms with Crippen LogP contribution in [0.5, 0.6) is 0 Å². The molecule has 0 aromatic rings. The van der Waals surface area contributed by atoms with Gasteiger partial charge in [-0.25, -0.2) is 13.2 Å². The number of amides is 3. The smallest absolute Gasteiger partial charge is 0.315 e. The van der Waals surface area contributed by atoms with Crippen molar-refractivity contribution in [3.8, 4) is 0 Å². The van der Waals surface area contributed by atoms with Crippen LogP contribution < -0.4 is 10.6 Å². The fourth-order valence-electron chi connectivity index (χ4n) is 3.07. The second-order valence-electron chi connectivity index (χ2n) is 6.32. The first-order valence-corrected chi connectivity index (χ1v) is 9.68. The molecule has 0 bridgehead atoms. The van der Waals surface area contributed by atoms with E-state index in [1.165, 1.54) is 0 Å². The van der Waals surface area contributed by atoms with E-state index in [-0.39, 0.29) is 29.5 Å². The molecule has 0 saturated carbocycles. The van der Waals surface area contributed by atoms with Gasteiger partial charge in [-0.2, -0.15) is 0 Å². The fourth-order valence-corrected chi connectivity index (χ4v) is 4.74. The number of urea groups is 1. The summed E-state index contributed by atoms with van der Waals surface area (Å²) >= 11 is 0. The molecule has 2 heterocycles.